The van der Waals surface area contributed by atoms with Crippen molar-refractivity contribution in [2.45, 2.75) is 63.1 Å². The molecule has 0 radical (unpaired) electrons. The van der Waals surface area contributed by atoms with E-state index in [2.05, 4.69) is 20.8 Å². The number of hydrogen-bond acceptors (Lipinski definition) is 6. The van der Waals surface area contributed by atoms with E-state index in [1.807, 2.05) is 4.90 Å². The minimum Gasteiger partial charge on any atom is -0.444 e. The highest BCUT2D eigenvalue weighted by Crippen LogP contribution is 2.28. The SMILES string of the molecule is O=C(N[C@H]1CC[C@H](C(=O)NC2CC2)CC1)O[C@@H]1CCN(c2cn[nH]c(=O)c2Cl)C1. The summed E-state index contributed by atoms with van der Waals surface area (Å²) >= 11 is 6.05. The van der Waals surface area contributed by atoms with Crippen LogP contribution < -0.4 is 21.1 Å². The van der Waals surface area contributed by atoms with Gasteiger partial charge < -0.3 is 20.3 Å². The van der Waals surface area contributed by atoms with Crippen LogP contribution in [0.3, 0.4) is 0 Å². The van der Waals surface area contributed by atoms with Crippen molar-refractivity contribution in [1.29, 1.82) is 0 Å². The summed E-state index contributed by atoms with van der Waals surface area (Å²) < 4.78 is 5.55. The maximum atomic E-state index is 12.3. The van der Waals surface area contributed by atoms with Gasteiger partial charge in [-0.15, -0.1) is 0 Å². The Kier molecular flexibility index (Phi) is 5.94. The van der Waals surface area contributed by atoms with E-state index >= 15 is 0 Å². The molecule has 2 amide bonds. The average Bonchev–Trinajstić information content (AvgIpc) is 3.40. The van der Waals surface area contributed by atoms with Gasteiger partial charge >= 0.3 is 6.09 Å². The zero-order valence-electron chi connectivity index (χ0n) is 16.2. The Morgan fingerprint density at radius 3 is 2.52 bits per heavy atom. The number of aromatic nitrogens is 2. The van der Waals surface area contributed by atoms with Gasteiger partial charge in [0.05, 0.1) is 18.4 Å². The van der Waals surface area contributed by atoms with Crippen molar-refractivity contribution in [2.24, 2.45) is 5.92 Å². The highest BCUT2D eigenvalue weighted by molar-refractivity contribution is 6.33. The van der Waals surface area contributed by atoms with Crippen molar-refractivity contribution in [3.63, 3.8) is 0 Å². The summed E-state index contributed by atoms with van der Waals surface area (Å²) in [6.07, 6.45) is 6.78. The van der Waals surface area contributed by atoms with Gasteiger partial charge in [-0.2, -0.15) is 5.10 Å². The summed E-state index contributed by atoms with van der Waals surface area (Å²) in [7, 11) is 0. The molecule has 1 saturated heterocycles. The molecule has 29 heavy (non-hydrogen) atoms. The quantitative estimate of drug-likeness (QED) is 0.661. The lowest BCUT2D eigenvalue weighted by atomic mass is 9.85. The van der Waals surface area contributed by atoms with Crippen LogP contribution in [0.2, 0.25) is 5.02 Å². The number of rotatable bonds is 5. The second kappa shape index (κ2) is 8.61. The molecule has 0 bridgehead atoms. The van der Waals surface area contributed by atoms with Crippen LogP contribution in [0.4, 0.5) is 10.5 Å². The molecule has 0 unspecified atom stereocenters. The van der Waals surface area contributed by atoms with Crippen LogP contribution in [-0.4, -0.2) is 53.5 Å². The molecule has 3 aliphatic rings. The Labute approximate surface area is 173 Å². The third kappa shape index (κ3) is 5.01. The molecule has 1 aromatic heterocycles. The first-order valence-corrected chi connectivity index (χ1v) is 10.6. The highest BCUT2D eigenvalue weighted by atomic mass is 35.5. The van der Waals surface area contributed by atoms with Crippen LogP contribution in [0.5, 0.6) is 0 Å². The maximum Gasteiger partial charge on any atom is 0.407 e. The standard InChI is InChI=1S/C19H26ClN5O4/c20-16-15(9-21-24-18(16)27)25-8-7-14(10-25)29-19(28)23-13-3-1-11(2-4-13)17(26)22-12-5-6-12/h9,11-14H,1-8,10H2,(H,22,26)(H,23,28)(H,24,27)/t11-,13-,14-/m1/s1. The number of nitrogens with one attached hydrogen (secondary N) is 3. The van der Waals surface area contributed by atoms with Crippen LogP contribution in [0, 0.1) is 5.92 Å². The minimum atomic E-state index is -0.437. The molecular formula is C19H26ClN5O4. The van der Waals surface area contributed by atoms with Crippen molar-refractivity contribution in [3.05, 3.63) is 21.6 Å². The first kappa shape index (κ1) is 20.0. The predicted molar refractivity (Wildman–Crippen MR) is 107 cm³/mol. The fraction of sp³-hybridized carbons (Fsp3) is 0.684. The Bertz CT molecular complexity index is 819. The van der Waals surface area contributed by atoms with Gasteiger partial charge in [-0.25, -0.2) is 9.89 Å². The zero-order chi connectivity index (χ0) is 20.4. The molecular weight excluding hydrogens is 398 g/mol. The summed E-state index contributed by atoms with van der Waals surface area (Å²) in [4.78, 5) is 37.9. The molecule has 3 fully saturated rings. The van der Waals surface area contributed by atoms with Gasteiger partial charge in [0, 0.05) is 31.0 Å². The monoisotopic (exact) mass is 423 g/mol. The number of nitrogens with zero attached hydrogens (tertiary/aromatic N) is 2. The first-order valence-electron chi connectivity index (χ1n) is 10.2. The zero-order valence-corrected chi connectivity index (χ0v) is 16.9. The number of alkyl carbamates (subject to hydrolysis) is 1. The van der Waals surface area contributed by atoms with E-state index in [-0.39, 0.29) is 29.0 Å². The van der Waals surface area contributed by atoms with E-state index < -0.39 is 11.7 Å². The van der Waals surface area contributed by atoms with E-state index in [4.69, 9.17) is 16.3 Å². The normalized spacial score (nSPS) is 26.8. The lowest BCUT2D eigenvalue weighted by Gasteiger charge is -2.28. The molecule has 2 aliphatic carbocycles. The molecule has 1 atom stereocenters. The number of carbonyl (C=O) groups is 2. The molecule has 2 heterocycles. The average molecular weight is 424 g/mol. The van der Waals surface area contributed by atoms with Gasteiger partial charge in [0.1, 0.15) is 11.1 Å². The smallest absolute Gasteiger partial charge is 0.407 e. The Hall–Kier alpha value is -2.29. The molecule has 3 N–H and O–H groups in total. The third-order valence-corrected chi connectivity index (χ3v) is 6.25. The lowest BCUT2D eigenvalue weighted by Crippen LogP contribution is -2.42. The second-order valence-corrected chi connectivity index (χ2v) is 8.51. The lowest BCUT2D eigenvalue weighted by molar-refractivity contribution is -0.126. The number of H-pyrrole nitrogens is 1. The van der Waals surface area contributed by atoms with E-state index in [0.717, 1.165) is 38.5 Å². The number of ether oxygens (including phenoxy) is 1. The van der Waals surface area contributed by atoms with Crippen LogP contribution in [-0.2, 0) is 9.53 Å². The molecule has 158 valence electrons. The largest absolute Gasteiger partial charge is 0.444 e. The Balaban J connectivity index is 1.20. The van der Waals surface area contributed by atoms with Crippen LogP contribution >= 0.6 is 11.6 Å². The van der Waals surface area contributed by atoms with Crippen molar-refractivity contribution < 1.29 is 14.3 Å². The van der Waals surface area contributed by atoms with Crippen molar-refractivity contribution >= 4 is 29.3 Å². The van der Waals surface area contributed by atoms with Gasteiger partial charge in [-0.3, -0.25) is 9.59 Å². The van der Waals surface area contributed by atoms with Gasteiger partial charge in [-0.05, 0) is 38.5 Å². The number of carbonyl (C=O) groups excluding carboxylic acids is 2. The molecule has 1 aliphatic heterocycles. The van der Waals surface area contributed by atoms with Crippen LogP contribution in [0.25, 0.3) is 0 Å². The van der Waals surface area contributed by atoms with Crippen LogP contribution in [0.1, 0.15) is 44.9 Å². The summed E-state index contributed by atoms with van der Waals surface area (Å²) in [6, 6.07) is 0.426. The highest BCUT2D eigenvalue weighted by Gasteiger charge is 2.32. The Morgan fingerprint density at radius 1 is 1.10 bits per heavy atom. The molecule has 2 saturated carbocycles. The van der Waals surface area contributed by atoms with E-state index in [1.165, 1.54) is 6.20 Å². The summed E-state index contributed by atoms with van der Waals surface area (Å²) in [5.74, 6) is 0.216. The minimum absolute atomic E-state index is 0.0382. The van der Waals surface area contributed by atoms with Crippen molar-refractivity contribution in [2.75, 3.05) is 18.0 Å². The number of amides is 2. The van der Waals surface area contributed by atoms with Gasteiger partial charge in [-0.1, -0.05) is 11.6 Å². The predicted octanol–water partition coefficient (Wildman–Crippen LogP) is 1.57. The molecule has 9 nitrogen and oxygen atoms in total. The number of hydrogen-bond donors (Lipinski definition) is 3. The number of anilines is 1. The maximum absolute atomic E-state index is 12.3. The fourth-order valence-corrected chi connectivity index (χ4v) is 4.25. The van der Waals surface area contributed by atoms with Gasteiger partial charge in [0.15, 0.2) is 0 Å². The molecule has 4 rings (SSSR count). The van der Waals surface area contributed by atoms with Gasteiger partial charge in [0.25, 0.3) is 5.56 Å². The fourth-order valence-electron chi connectivity index (χ4n) is 4.04. The molecule has 1 aromatic rings. The second-order valence-electron chi connectivity index (χ2n) is 8.14. The first-order chi connectivity index (χ1) is 14.0. The van der Waals surface area contributed by atoms with E-state index in [9.17, 15) is 14.4 Å². The third-order valence-electron chi connectivity index (χ3n) is 5.88. The summed E-state index contributed by atoms with van der Waals surface area (Å²) in [6.45, 7) is 1.09. The van der Waals surface area contributed by atoms with Crippen LogP contribution in [0.15, 0.2) is 11.0 Å². The summed E-state index contributed by atoms with van der Waals surface area (Å²) in [5, 5.41) is 12.1. The van der Waals surface area contributed by atoms with Gasteiger partial charge in [0.2, 0.25) is 5.91 Å². The topological polar surface area (TPSA) is 116 Å². The van der Waals surface area contributed by atoms with E-state index in [1.54, 1.807) is 0 Å². The number of aromatic amines is 1. The molecule has 0 spiro atoms. The molecule has 10 heteroatoms. The van der Waals surface area contributed by atoms with Crippen molar-refractivity contribution in [1.82, 2.24) is 20.8 Å². The van der Waals surface area contributed by atoms with Crippen molar-refractivity contribution in [3.8, 4) is 0 Å². The Morgan fingerprint density at radius 2 is 1.79 bits per heavy atom. The number of halogens is 1. The van der Waals surface area contributed by atoms with E-state index in [0.29, 0.717) is 31.2 Å². The molecule has 0 aromatic carbocycles. The summed E-state index contributed by atoms with van der Waals surface area (Å²) in [5.41, 5.74) is 0.109.